The van der Waals surface area contributed by atoms with Crippen LogP contribution < -0.4 is 22.5 Å². The standard InChI is InChI=1S/C19H22N6/c20-15-10-8-13(9-11-15)5-4-12-23-17-16(14-6-2-1-3-7-14)24-19(22)25-18(17)21/h1-3,6-11,23H,4-5,12,20H2,(H4,21,22,24,25). The summed E-state index contributed by atoms with van der Waals surface area (Å²) in [5.74, 6) is 0.530. The highest BCUT2D eigenvalue weighted by Crippen LogP contribution is 2.30. The van der Waals surface area contributed by atoms with Crippen molar-refractivity contribution >= 4 is 23.1 Å². The summed E-state index contributed by atoms with van der Waals surface area (Å²) in [5, 5.41) is 3.36. The maximum Gasteiger partial charge on any atom is 0.222 e. The molecule has 3 aromatic rings. The fraction of sp³-hybridized carbons (Fsp3) is 0.158. The number of hydrogen-bond acceptors (Lipinski definition) is 6. The first-order chi connectivity index (χ1) is 12.1. The molecule has 0 amide bonds. The first kappa shape index (κ1) is 16.6. The van der Waals surface area contributed by atoms with E-state index in [4.69, 9.17) is 17.2 Å². The average Bonchev–Trinajstić information content (AvgIpc) is 2.62. The van der Waals surface area contributed by atoms with E-state index in [0.29, 0.717) is 5.82 Å². The fourth-order valence-electron chi connectivity index (χ4n) is 2.67. The number of nitrogen functional groups attached to an aromatic ring is 3. The normalized spacial score (nSPS) is 10.6. The zero-order valence-electron chi connectivity index (χ0n) is 13.9. The van der Waals surface area contributed by atoms with E-state index in [9.17, 15) is 0 Å². The molecule has 0 aliphatic carbocycles. The van der Waals surface area contributed by atoms with Gasteiger partial charge < -0.3 is 22.5 Å². The Hall–Kier alpha value is -3.28. The molecule has 2 aromatic carbocycles. The summed E-state index contributed by atoms with van der Waals surface area (Å²) in [6, 6.07) is 17.7. The van der Waals surface area contributed by atoms with E-state index >= 15 is 0 Å². The lowest BCUT2D eigenvalue weighted by atomic mass is 10.1. The maximum absolute atomic E-state index is 6.06. The van der Waals surface area contributed by atoms with E-state index in [1.165, 1.54) is 5.56 Å². The second kappa shape index (κ2) is 7.53. The molecule has 3 rings (SSSR count). The highest BCUT2D eigenvalue weighted by atomic mass is 15.1. The van der Waals surface area contributed by atoms with Gasteiger partial charge in [0.15, 0.2) is 5.82 Å². The lowest BCUT2D eigenvalue weighted by Crippen LogP contribution is -2.11. The van der Waals surface area contributed by atoms with Crippen molar-refractivity contribution in [2.45, 2.75) is 12.8 Å². The molecular formula is C19H22N6. The van der Waals surface area contributed by atoms with Crippen LogP contribution in [0.1, 0.15) is 12.0 Å². The van der Waals surface area contributed by atoms with E-state index in [-0.39, 0.29) is 5.95 Å². The summed E-state index contributed by atoms with van der Waals surface area (Å²) >= 11 is 0. The van der Waals surface area contributed by atoms with Gasteiger partial charge in [-0.05, 0) is 30.5 Å². The number of hydrogen-bond donors (Lipinski definition) is 4. The molecule has 1 aromatic heterocycles. The van der Waals surface area contributed by atoms with Gasteiger partial charge in [0.1, 0.15) is 11.4 Å². The largest absolute Gasteiger partial charge is 0.399 e. The maximum atomic E-state index is 6.06. The Morgan fingerprint density at radius 1 is 0.840 bits per heavy atom. The number of nitrogens with two attached hydrogens (primary N) is 3. The van der Waals surface area contributed by atoms with Crippen molar-refractivity contribution in [3.8, 4) is 11.3 Å². The molecule has 25 heavy (non-hydrogen) atoms. The topological polar surface area (TPSA) is 116 Å². The van der Waals surface area contributed by atoms with Crippen molar-refractivity contribution in [3.05, 3.63) is 60.2 Å². The summed E-state index contributed by atoms with van der Waals surface area (Å²) in [7, 11) is 0. The van der Waals surface area contributed by atoms with Gasteiger partial charge in [-0.25, -0.2) is 4.98 Å². The van der Waals surface area contributed by atoms with Gasteiger partial charge in [-0.2, -0.15) is 4.98 Å². The van der Waals surface area contributed by atoms with Gasteiger partial charge in [0, 0.05) is 17.8 Å². The lowest BCUT2D eigenvalue weighted by molar-refractivity contribution is 0.862. The number of benzene rings is 2. The molecule has 0 fully saturated rings. The molecule has 0 bridgehead atoms. The van der Waals surface area contributed by atoms with Crippen molar-refractivity contribution in [1.29, 1.82) is 0 Å². The zero-order valence-corrected chi connectivity index (χ0v) is 13.9. The van der Waals surface area contributed by atoms with E-state index < -0.39 is 0 Å². The summed E-state index contributed by atoms with van der Waals surface area (Å²) in [6.07, 6.45) is 1.89. The van der Waals surface area contributed by atoms with Crippen molar-refractivity contribution < 1.29 is 0 Å². The second-order valence-corrected chi connectivity index (χ2v) is 5.83. The highest BCUT2D eigenvalue weighted by Gasteiger charge is 2.12. The van der Waals surface area contributed by atoms with Gasteiger partial charge in [0.25, 0.3) is 0 Å². The van der Waals surface area contributed by atoms with Crippen LogP contribution in [-0.4, -0.2) is 16.5 Å². The van der Waals surface area contributed by atoms with Crippen LogP contribution in [0.25, 0.3) is 11.3 Å². The number of rotatable bonds is 6. The SMILES string of the molecule is Nc1ccc(CCCNc2c(N)nc(N)nc2-c2ccccc2)cc1. The molecule has 0 aliphatic heterocycles. The number of anilines is 4. The summed E-state index contributed by atoms with van der Waals surface area (Å²) < 4.78 is 0. The number of aromatic nitrogens is 2. The fourth-order valence-corrected chi connectivity index (χ4v) is 2.67. The minimum atomic E-state index is 0.170. The average molecular weight is 334 g/mol. The minimum Gasteiger partial charge on any atom is -0.399 e. The van der Waals surface area contributed by atoms with Crippen LogP contribution in [-0.2, 0) is 6.42 Å². The van der Waals surface area contributed by atoms with Crippen LogP contribution in [0.4, 0.5) is 23.1 Å². The number of aryl methyl sites for hydroxylation is 1. The van der Waals surface area contributed by atoms with Crippen LogP contribution in [0.3, 0.4) is 0 Å². The van der Waals surface area contributed by atoms with Crippen LogP contribution in [0.15, 0.2) is 54.6 Å². The molecule has 6 heteroatoms. The van der Waals surface area contributed by atoms with Gasteiger partial charge >= 0.3 is 0 Å². The van der Waals surface area contributed by atoms with Gasteiger partial charge in [-0.15, -0.1) is 0 Å². The Morgan fingerprint density at radius 3 is 2.28 bits per heavy atom. The van der Waals surface area contributed by atoms with Gasteiger partial charge in [0.2, 0.25) is 5.95 Å². The minimum absolute atomic E-state index is 0.170. The monoisotopic (exact) mass is 334 g/mol. The third-order valence-corrected chi connectivity index (χ3v) is 3.93. The molecule has 0 saturated heterocycles. The van der Waals surface area contributed by atoms with E-state index in [1.54, 1.807) is 0 Å². The Balaban J connectivity index is 1.70. The number of nitrogens with zero attached hydrogens (tertiary/aromatic N) is 2. The van der Waals surface area contributed by atoms with E-state index in [0.717, 1.165) is 42.0 Å². The lowest BCUT2D eigenvalue weighted by Gasteiger charge is -2.14. The molecule has 0 radical (unpaired) electrons. The first-order valence-electron chi connectivity index (χ1n) is 8.20. The van der Waals surface area contributed by atoms with Gasteiger partial charge in [0.05, 0.1) is 0 Å². The Bertz CT molecular complexity index is 831. The zero-order chi connectivity index (χ0) is 17.6. The molecule has 0 spiro atoms. The van der Waals surface area contributed by atoms with Crippen LogP contribution in [0.2, 0.25) is 0 Å². The van der Waals surface area contributed by atoms with Crippen molar-refractivity contribution in [2.24, 2.45) is 0 Å². The molecule has 6 nitrogen and oxygen atoms in total. The molecule has 0 unspecified atom stereocenters. The van der Waals surface area contributed by atoms with Gasteiger partial charge in [-0.3, -0.25) is 0 Å². The predicted molar refractivity (Wildman–Crippen MR) is 104 cm³/mol. The van der Waals surface area contributed by atoms with Crippen LogP contribution >= 0.6 is 0 Å². The molecule has 7 N–H and O–H groups in total. The van der Waals surface area contributed by atoms with Crippen molar-refractivity contribution in [2.75, 3.05) is 29.1 Å². The summed E-state index contributed by atoms with van der Waals surface area (Å²) in [6.45, 7) is 0.752. The predicted octanol–water partition coefficient (Wildman–Crippen LogP) is 2.93. The quantitative estimate of drug-likeness (QED) is 0.407. The van der Waals surface area contributed by atoms with E-state index in [1.807, 2.05) is 54.6 Å². The smallest absolute Gasteiger partial charge is 0.222 e. The second-order valence-electron chi connectivity index (χ2n) is 5.83. The molecule has 0 saturated carbocycles. The summed E-state index contributed by atoms with van der Waals surface area (Å²) in [5.41, 5.74) is 22.0. The molecule has 0 atom stereocenters. The Kier molecular flexibility index (Phi) is 4.99. The molecule has 128 valence electrons. The van der Waals surface area contributed by atoms with Crippen LogP contribution in [0.5, 0.6) is 0 Å². The van der Waals surface area contributed by atoms with Crippen LogP contribution in [0, 0.1) is 0 Å². The van der Waals surface area contributed by atoms with Crippen molar-refractivity contribution in [3.63, 3.8) is 0 Å². The van der Waals surface area contributed by atoms with E-state index in [2.05, 4.69) is 15.3 Å². The third-order valence-electron chi connectivity index (χ3n) is 3.93. The third kappa shape index (κ3) is 4.17. The van der Waals surface area contributed by atoms with Crippen molar-refractivity contribution in [1.82, 2.24) is 9.97 Å². The number of nitrogens with one attached hydrogen (secondary N) is 1. The first-order valence-corrected chi connectivity index (χ1v) is 8.20. The molecule has 0 aliphatic rings. The molecule has 1 heterocycles. The Labute approximate surface area is 147 Å². The Morgan fingerprint density at radius 2 is 1.56 bits per heavy atom. The van der Waals surface area contributed by atoms with Gasteiger partial charge in [-0.1, -0.05) is 42.5 Å². The summed E-state index contributed by atoms with van der Waals surface area (Å²) in [4.78, 5) is 8.44. The molecular weight excluding hydrogens is 312 g/mol. The highest BCUT2D eigenvalue weighted by molar-refractivity contribution is 5.82.